The van der Waals surface area contributed by atoms with Crippen LogP contribution >= 0.6 is 11.8 Å². The largest absolute Gasteiger partial charge is 0.379 e. The van der Waals surface area contributed by atoms with Gasteiger partial charge in [-0.2, -0.15) is 11.8 Å². The zero-order chi connectivity index (χ0) is 33.7. The molecule has 2 heterocycles. The normalized spacial score (nSPS) is 18.3. The molecule has 0 spiro atoms. The number of rotatable bonds is 25. The minimum Gasteiger partial charge on any atom is -0.379 e. The van der Waals surface area contributed by atoms with Gasteiger partial charge in [-0.15, -0.1) is 0 Å². The fourth-order valence-corrected chi connectivity index (χ4v) is 6.79. The molecule has 1 aromatic rings. The third kappa shape index (κ3) is 16.2. The van der Waals surface area contributed by atoms with Crippen LogP contribution in [0.5, 0.6) is 0 Å². The third-order valence-electron chi connectivity index (χ3n) is 7.91. The Morgan fingerprint density at radius 1 is 0.851 bits per heavy atom. The van der Waals surface area contributed by atoms with Gasteiger partial charge in [0.25, 0.3) is 0 Å². The van der Waals surface area contributed by atoms with Crippen LogP contribution in [0.4, 0.5) is 10.5 Å². The second-order valence-corrected chi connectivity index (χ2v) is 13.2. The zero-order valence-electron chi connectivity index (χ0n) is 28.0. The van der Waals surface area contributed by atoms with Crippen LogP contribution in [0.15, 0.2) is 24.3 Å². The Labute approximate surface area is 283 Å². The van der Waals surface area contributed by atoms with E-state index in [4.69, 9.17) is 14.2 Å². The van der Waals surface area contributed by atoms with Crippen molar-refractivity contribution < 1.29 is 33.4 Å². The molecule has 0 radical (unpaired) electrons. The Morgan fingerprint density at radius 2 is 1.53 bits per heavy atom. The molecule has 5 amide bonds. The monoisotopic (exact) mass is 678 g/mol. The van der Waals surface area contributed by atoms with Gasteiger partial charge in [0.1, 0.15) is 0 Å². The maximum atomic E-state index is 12.4. The first-order valence-electron chi connectivity index (χ1n) is 16.8. The molecule has 13 nitrogen and oxygen atoms in total. The summed E-state index contributed by atoms with van der Waals surface area (Å²) in [4.78, 5) is 49.5. The molecule has 2 aliphatic heterocycles. The van der Waals surface area contributed by atoms with Crippen LogP contribution in [0.1, 0.15) is 50.5 Å². The van der Waals surface area contributed by atoms with Crippen molar-refractivity contribution in [2.45, 2.75) is 69.2 Å². The summed E-state index contributed by atoms with van der Waals surface area (Å²) in [5, 5.41) is 15.3. The number of anilines is 1. The maximum Gasteiger partial charge on any atom is 0.315 e. The van der Waals surface area contributed by atoms with E-state index in [0.29, 0.717) is 77.2 Å². The van der Waals surface area contributed by atoms with Gasteiger partial charge >= 0.3 is 6.03 Å². The van der Waals surface area contributed by atoms with Gasteiger partial charge < -0.3 is 45.7 Å². The smallest absolute Gasteiger partial charge is 0.315 e. The molecule has 5 N–H and O–H groups in total. The van der Waals surface area contributed by atoms with E-state index < -0.39 is 0 Å². The standard InChI is InChI=1S/C33H54N6O7S/c1-25-9-11-26(12-10-25)36-29(40)13-16-34-14-5-17-44-19-21-46-22-20-45-18-6-15-35-30(41)23-39(2)31(42)8-4-3-7-28-32-27(24-47-28)37-33(43)38-32/h9-12,27-28,32,34H,3-8,13-24H2,1-2H3,(H,35,41)(H,36,40)(H2,37,38,43). The van der Waals surface area contributed by atoms with E-state index in [2.05, 4.69) is 26.6 Å². The highest BCUT2D eigenvalue weighted by molar-refractivity contribution is 8.00. The molecule has 0 saturated carbocycles. The van der Waals surface area contributed by atoms with E-state index in [9.17, 15) is 19.2 Å². The Morgan fingerprint density at radius 3 is 2.26 bits per heavy atom. The molecule has 1 aromatic carbocycles. The Bertz CT molecular complexity index is 1100. The van der Waals surface area contributed by atoms with E-state index >= 15 is 0 Å². The molecule has 3 rings (SSSR count). The first-order valence-corrected chi connectivity index (χ1v) is 17.9. The highest BCUT2D eigenvalue weighted by atomic mass is 32.2. The second kappa shape index (κ2) is 22.6. The Kier molecular flexibility index (Phi) is 18.5. The number of amides is 5. The molecule has 2 saturated heterocycles. The number of nitrogens with one attached hydrogen (secondary N) is 5. The molecule has 0 aliphatic carbocycles. The van der Waals surface area contributed by atoms with Gasteiger partial charge in [0.2, 0.25) is 17.7 Å². The number of likely N-dealkylation sites (N-methyl/N-ethyl adjacent to an activating group) is 1. The topological polar surface area (TPSA) is 159 Å². The van der Waals surface area contributed by atoms with Gasteiger partial charge in [0.05, 0.1) is 45.1 Å². The lowest BCUT2D eigenvalue weighted by Crippen LogP contribution is -2.38. The first kappa shape index (κ1) is 38.5. The first-order chi connectivity index (χ1) is 22.8. The highest BCUT2D eigenvalue weighted by Gasteiger charge is 2.42. The average Bonchev–Trinajstić information content (AvgIpc) is 3.60. The fraction of sp³-hybridized carbons (Fsp3) is 0.697. The number of carbonyl (C=O) groups excluding carboxylic acids is 4. The predicted octanol–water partition coefficient (Wildman–Crippen LogP) is 2.04. The van der Waals surface area contributed by atoms with Crippen LogP contribution in [0.3, 0.4) is 0 Å². The summed E-state index contributed by atoms with van der Waals surface area (Å²) in [6.07, 6.45) is 5.02. The lowest BCUT2D eigenvalue weighted by Gasteiger charge is -2.18. The van der Waals surface area contributed by atoms with Crippen LogP contribution in [0.2, 0.25) is 0 Å². The molecular weight excluding hydrogens is 624 g/mol. The van der Waals surface area contributed by atoms with Crippen LogP contribution in [-0.4, -0.2) is 125 Å². The van der Waals surface area contributed by atoms with Crippen molar-refractivity contribution in [1.29, 1.82) is 0 Å². The molecule has 3 unspecified atom stereocenters. The number of hydrogen-bond donors (Lipinski definition) is 5. The molecule has 2 aliphatic rings. The fourth-order valence-electron chi connectivity index (χ4n) is 5.25. The number of benzene rings is 1. The van der Waals surface area contributed by atoms with Crippen LogP contribution < -0.4 is 26.6 Å². The number of thioether (sulfide) groups is 1. The SMILES string of the molecule is Cc1ccc(NC(=O)CCNCCCOCCOCCOCCCNC(=O)CN(C)C(=O)CCCCC2SCC3NC(=O)NC32)cc1. The van der Waals surface area contributed by atoms with E-state index in [1.165, 1.54) is 4.90 Å². The van der Waals surface area contributed by atoms with Gasteiger partial charge in [0, 0.05) is 62.9 Å². The summed E-state index contributed by atoms with van der Waals surface area (Å²) in [7, 11) is 1.66. The quantitative estimate of drug-likeness (QED) is 0.0771. The number of ether oxygens (including phenoxy) is 3. The summed E-state index contributed by atoms with van der Waals surface area (Å²) < 4.78 is 16.6. The predicted molar refractivity (Wildman–Crippen MR) is 184 cm³/mol. The van der Waals surface area contributed by atoms with E-state index in [1.54, 1.807) is 7.05 Å². The van der Waals surface area contributed by atoms with Crippen molar-refractivity contribution in [2.24, 2.45) is 0 Å². The number of fused-ring (bicyclic) bond motifs is 1. The second-order valence-electron chi connectivity index (χ2n) is 11.9. The lowest BCUT2D eigenvalue weighted by atomic mass is 10.0. The summed E-state index contributed by atoms with van der Waals surface area (Å²) in [6, 6.07) is 8.08. The molecule has 264 valence electrons. The third-order valence-corrected chi connectivity index (χ3v) is 9.42. The Hall–Kier alpha value is -2.91. The lowest BCUT2D eigenvalue weighted by molar-refractivity contribution is -0.134. The van der Waals surface area contributed by atoms with E-state index in [-0.39, 0.29) is 42.4 Å². The molecular formula is C33H54N6O7S. The van der Waals surface area contributed by atoms with Crippen molar-refractivity contribution in [3.8, 4) is 0 Å². The van der Waals surface area contributed by atoms with Crippen molar-refractivity contribution in [3.63, 3.8) is 0 Å². The van der Waals surface area contributed by atoms with Crippen molar-refractivity contribution >= 4 is 41.2 Å². The highest BCUT2D eigenvalue weighted by Crippen LogP contribution is 2.33. The molecule has 0 bridgehead atoms. The minimum absolute atomic E-state index is 0.00475. The zero-order valence-corrected chi connectivity index (χ0v) is 28.8. The number of urea groups is 1. The Balaban J connectivity index is 1.02. The van der Waals surface area contributed by atoms with Gasteiger partial charge in [0.15, 0.2) is 0 Å². The maximum absolute atomic E-state index is 12.4. The van der Waals surface area contributed by atoms with Gasteiger partial charge in [-0.05, 0) is 51.3 Å². The van der Waals surface area contributed by atoms with Crippen LogP contribution in [0, 0.1) is 6.92 Å². The average molecular weight is 679 g/mol. The van der Waals surface area contributed by atoms with Crippen molar-refractivity contribution in [2.75, 3.05) is 83.9 Å². The van der Waals surface area contributed by atoms with Gasteiger partial charge in [-0.25, -0.2) is 4.79 Å². The number of nitrogens with zero attached hydrogens (tertiary/aromatic N) is 1. The van der Waals surface area contributed by atoms with Crippen LogP contribution in [0.25, 0.3) is 0 Å². The number of aryl methyl sites for hydroxylation is 1. The number of unbranched alkanes of at least 4 members (excludes halogenated alkanes) is 1. The molecule has 3 atom stereocenters. The summed E-state index contributed by atoms with van der Waals surface area (Å²) in [6.45, 7) is 7.03. The van der Waals surface area contributed by atoms with E-state index in [0.717, 1.165) is 49.2 Å². The summed E-state index contributed by atoms with van der Waals surface area (Å²) in [5.74, 6) is 0.712. The van der Waals surface area contributed by atoms with Crippen LogP contribution in [-0.2, 0) is 28.6 Å². The molecule has 0 aromatic heterocycles. The number of hydrogen-bond acceptors (Lipinski definition) is 9. The molecule has 47 heavy (non-hydrogen) atoms. The van der Waals surface area contributed by atoms with Gasteiger partial charge in [-0.3, -0.25) is 14.4 Å². The minimum atomic E-state index is -0.181. The van der Waals surface area contributed by atoms with Crippen molar-refractivity contribution in [3.05, 3.63) is 29.8 Å². The number of carbonyl (C=O) groups is 4. The van der Waals surface area contributed by atoms with E-state index in [1.807, 2.05) is 43.0 Å². The summed E-state index contributed by atoms with van der Waals surface area (Å²) >= 11 is 1.88. The molecule has 2 fully saturated rings. The van der Waals surface area contributed by atoms with Crippen molar-refractivity contribution in [1.82, 2.24) is 26.2 Å². The molecule has 14 heteroatoms. The van der Waals surface area contributed by atoms with Gasteiger partial charge in [-0.1, -0.05) is 24.1 Å². The summed E-state index contributed by atoms with van der Waals surface area (Å²) in [5.41, 5.74) is 1.97.